The minimum absolute atomic E-state index is 0.00185. The summed E-state index contributed by atoms with van der Waals surface area (Å²) in [4.78, 5) is 19.4. The Kier molecular flexibility index (Phi) is 12.6. The van der Waals surface area contributed by atoms with Crippen molar-refractivity contribution in [3.63, 3.8) is 0 Å². The van der Waals surface area contributed by atoms with Gasteiger partial charge in [-0.05, 0) is 62.2 Å². The number of carbonyl (C=O) groups is 1. The first-order valence-electron chi connectivity index (χ1n) is 13.8. The molecular weight excluding hydrogens is 462 g/mol. The molecule has 8 N–H and O–H groups in total. The minimum atomic E-state index is -0.403. The average Bonchev–Trinajstić information content (AvgIpc) is 2.66. The lowest BCUT2D eigenvalue weighted by Gasteiger charge is -2.50. The number of aliphatic imine (C=N–C) groups is 1. The van der Waals surface area contributed by atoms with E-state index in [9.17, 15) is 4.79 Å². The van der Waals surface area contributed by atoms with Crippen LogP contribution in [-0.4, -0.2) is 54.3 Å². The van der Waals surface area contributed by atoms with Crippen LogP contribution in [0.2, 0.25) is 0 Å². The first-order valence-corrected chi connectivity index (χ1v) is 13.8. The van der Waals surface area contributed by atoms with E-state index in [1.54, 1.807) is 6.92 Å². The van der Waals surface area contributed by atoms with Crippen LogP contribution in [0.4, 0.5) is 0 Å². The molecule has 1 unspecified atom stereocenters. The van der Waals surface area contributed by atoms with Crippen LogP contribution in [0, 0.1) is 33.0 Å². The maximum atomic E-state index is 12.5. The number of hydrogen-bond donors (Lipinski definition) is 5. The SMILES string of the molecule is CCC(CN=C(N)N)CC(C)(C)CN(CC(C)(C)CC(C)(C)CNC(=N)N)C(C)(C)CC(C)(C)C(C)=O. The zero-order chi connectivity index (χ0) is 29.5. The van der Waals surface area contributed by atoms with Gasteiger partial charge < -0.3 is 22.5 Å². The van der Waals surface area contributed by atoms with Gasteiger partial charge in [0, 0.05) is 37.1 Å². The van der Waals surface area contributed by atoms with Crippen molar-refractivity contribution in [1.82, 2.24) is 10.2 Å². The number of nitrogens with zero attached hydrogens (tertiary/aromatic N) is 2. The molecule has 0 aliphatic heterocycles. The number of Topliss-reactive ketones (excluding diaryl/α,β-unsaturated/α-hetero) is 1. The number of hydrogen-bond acceptors (Lipinski definition) is 4. The second-order valence-electron chi connectivity index (χ2n) is 15.0. The zero-order valence-electron chi connectivity index (χ0n) is 26.3. The maximum Gasteiger partial charge on any atom is 0.185 e. The Morgan fingerprint density at radius 3 is 1.84 bits per heavy atom. The highest BCUT2D eigenvalue weighted by Crippen LogP contribution is 2.41. The van der Waals surface area contributed by atoms with E-state index in [0.29, 0.717) is 19.0 Å². The normalized spacial score (nSPS) is 14.4. The summed E-state index contributed by atoms with van der Waals surface area (Å²) in [5.41, 5.74) is 16.2. The molecule has 0 rings (SSSR count). The van der Waals surface area contributed by atoms with Gasteiger partial charge in [0.25, 0.3) is 0 Å². The average molecular weight is 524 g/mol. The lowest BCUT2D eigenvalue weighted by molar-refractivity contribution is -0.127. The molecule has 1 atom stereocenters. The molecule has 0 saturated carbocycles. The fourth-order valence-electron chi connectivity index (χ4n) is 6.00. The lowest BCUT2D eigenvalue weighted by atomic mass is 9.71. The molecule has 0 aliphatic rings. The molecule has 37 heavy (non-hydrogen) atoms. The first kappa shape index (κ1) is 35.2. The predicted molar refractivity (Wildman–Crippen MR) is 160 cm³/mol. The van der Waals surface area contributed by atoms with Gasteiger partial charge in [-0.25, -0.2) is 0 Å². The van der Waals surface area contributed by atoms with Gasteiger partial charge in [-0.1, -0.05) is 68.7 Å². The number of guanidine groups is 2. The van der Waals surface area contributed by atoms with E-state index in [4.69, 9.17) is 22.6 Å². The predicted octanol–water partition coefficient (Wildman–Crippen LogP) is 4.71. The largest absolute Gasteiger partial charge is 0.370 e. The number of ketones is 1. The van der Waals surface area contributed by atoms with E-state index in [1.807, 2.05) is 0 Å². The molecule has 0 aliphatic carbocycles. The summed E-state index contributed by atoms with van der Waals surface area (Å²) in [6.45, 7) is 29.4. The van der Waals surface area contributed by atoms with Crippen molar-refractivity contribution in [3.8, 4) is 0 Å². The molecule has 0 aromatic carbocycles. The highest BCUT2D eigenvalue weighted by molar-refractivity contribution is 5.81. The molecule has 8 nitrogen and oxygen atoms in total. The third-order valence-electron chi connectivity index (χ3n) is 7.59. The summed E-state index contributed by atoms with van der Waals surface area (Å²) in [5.74, 6) is 0.779. The van der Waals surface area contributed by atoms with Crippen molar-refractivity contribution in [2.24, 2.45) is 49.8 Å². The van der Waals surface area contributed by atoms with Gasteiger partial charge in [0.2, 0.25) is 0 Å². The van der Waals surface area contributed by atoms with E-state index < -0.39 is 5.41 Å². The van der Waals surface area contributed by atoms with Gasteiger partial charge in [-0.15, -0.1) is 0 Å². The molecule has 0 aromatic heterocycles. The van der Waals surface area contributed by atoms with Crippen LogP contribution in [0.25, 0.3) is 0 Å². The van der Waals surface area contributed by atoms with Gasteiger partial charge in [0.05, 0.1) is 0 Å². The summed E-state index contributed by atoms with van der Waals surface area (Å²) in [6.07, 6.45) is 3.77. The third-order valence-corrected chi connectivity index (χ3v) is 7.59. The Morgan fingerprint density at radius 1 is 0.892 bits per heavy atom. The fraction of sp³-hybridized carbons (Fsp3) is 0.897. The molecule has 0 saturated heterocycles. The van der Waals surface area contributed by atoms with Crippen LogP contribution in [0.5, 0.6) is 0 Å². The van der Waals surface area contributed by atoms with Gasteiger partial charge >= 0.3 is 0 Å². The molecule has 0 heterocycles. The topological polar surface area (TPSA) is 147 Å². The molecule has 0 spiro atoms. The van der Waals surface area contributed by atoms with E-state index >= 15 is 0 Å². The van der Waals surface area contributed by atoms with Gasteiger partial charge in [-0.3, -0.25) is 20.1 Å². The fourth-order valence-corrected chi connectivity index (χ4v) is 6.00. The number of rotatable bonds is 17. The van der Waals surface area contributed by atoms with Crippen molar-refractivity contribution < 1.29 is 4.79 Å². The van der Waals surface area contributed by atoms with E-state index in [0.717, 1.165) is 38.8 Å². The van der Waals surface area contributed by atoms with Crippen LogP contribution in [0.1, 0.15) is 109 Å². The molecule has 218 valence electrons. The van der Waals surface area contributed by atoms with Gasteiger partial charge in [-0.2, -0.15) is 0 Å². The minimum Gasteiger partial charge on any atom is -0.370 e. The second kappa shape index (κ2) is 13.3. The molecule has 0 fully saturated rings. The van der Waals surface area contributed by atoms with Crippen molar-refractivity contribution in [2.75, 3.05) is 26.2 Å². The third kappa shape index (κ3) is 14.0. The number of nitrogens with two attached hydrogens (primary N) is 3. The smallest absolute Gasteiger partial charge is 0.185 e. The Hall–Kier alpha value is -1.83. The maximum absolute atomic E-state index is 12.5. The highest BCUT2D eigenvalue weighted by atomic mass is 16.1. The summed E-state index contributed by atoms with van der Waals surface area (Å²) >= 11 is 0. The van der Waals surface area contributed by atoms with E-state index in [1.165, 1.54) is 0 Å². The van der Waals surface area contributed by atoms with Crippen LogP contribution >= 0.6 is 0 Å². The number of carbonyl (C=O) groups excluding carboxylic acids is 1. The monoisotopic (exact) mass is 523 g/mol. The first-order chi connectivity index (χ1) is 16.4. The Labute approximate surface area is 228 Å². The highest BCUT2D eigenvalue weighted by Gasteiger charge is 2.41. The molecular formula is C29H61N7O. The Bertz CT molecular complexity index is 777. The van der Waals surface area contributed by atoms with E-state index in [2.05, 4.69) is 91.4 Å². The summed E-state index contributed by atoms with van der Waals surface area (Å²) in [6, 6.07) is 0. The second-order valence-corrected chi connectivity index (χ2v) is 15.0. The molecule has 0 bridgehead atoms. The number of nitrogens with one attached hydrogen (secondary N) is 2. The quantitative estimate of drug-likeness (QED) is 0.138. The van der Waals surface area contributed by atoms with Crippen LogP contribution in [0.15, 0.2) is 4.99 Å². The van der Waals surface area contributed by atoms with Crippen molar-refractivity contribution in [3.05, 3.63) is 0 Å². The van der Waals surface area contributed by atoms with Crippen molar-refractivity contribution >= 4 is 17.7 Å². The molecule has 0 radical (unpaired) electrons. The summed E-state index contributed by atoms with van der Waals surface area (Å²) in [7, 11) is 0. The zero-order valence-corrected chi connectivity index (χ0v) is 26.3. The summed E-state index contributed by atoms with van der Waals surface area (Å²) < 4.78 is 0. The van der Waals surface area contributed by atoms with Gasteiger partial charge in [0.15, 0.2) is 11.9 Å². The standard InChI is InChI=1S/C29H61N7O/c1-13-22(15-34-23(30)31)14-25(3,4)19-36(29(11,12)17-28(9,10)21(2)37)20-27(7,8)16-26(5,6)18-35-24(32)33/h22H,13-20H2,1-12H3,(H4,30,31,34)(H4,32,33,35). The van der Waals surface area contributed by atoms with Crippen molar-refractivity contribution in [2.45, 2.75) is 114 Å². The van der Waals surface area contributed by atoms with Gasteiger partial charge in [0.1, 0.15) is 5.78 Å². The molecule has 8 heteroatoms. The molecule has 0 aromatic rings. The van der Waals surface area contributed by atoms with Crippen LogP contribution in [-0.2, 0) is 4.79 Å². The van der Waals surface area contributed by atoms with Crippen LogP contribution in [0.3, 0.4) is 0 Å². The Morgan fingerprint density at radius 2 is 1.41 bits per heavy atom. The van der Waals surface area contributed by atoms with Crippen molar-refractivity contribution in [1.29, 1.82) is 5.41 Å². The Balaban J connectivity index is 6.05. The lowest BCUT2D eigenvalue weighted by Crippen LogP contribution is -2.54. The van der Waals surface area contributed by atoms with Crippen LogP contribution < -0.4 is 22.5 Å². The van der Waals surface area contributed by atoms with E-state index in [-0.39, 0.29) is 39.5 Å². The summed E-state index contributed by atoms with van der Waals surface area (Å²) in [5, 5.41) is 10.6. The molecule has 0 amide bonds.